The van der Waals surface area contributed by atoms with E-state index < -0.39 is 0 Å². The first kappa shape index (κ1) is 20.5. The molecule has 0 aliphatic carbocycles. The van der Waals surface area contributed by atoms with Gasteiger partial charge in [-0.15, -0.1) is 0 Å². The Morgan fingerprint density at radius 2 is 1.68 bits per heavy atom. The maximum absolute atomic E-state index is 12.4. The monoisotopic (exact) mass is 419 g/mol. The third-order valence-electron chi connectivity index (χ3n) is 4.83. The molecule has 1 aliphatic heterocycles. The van der Waals surface area contributed by atoms with Gasteiger partial charge in [-0.25, -0.2) is 4.79 Å². The molecule has 0 aromatic heterocycles. The van der Waals surface area contributed by atoms with Crippen molar-refractivity contribution in [3.8, 4) is 0 Å². The van der Waals surface area contributed by atoms with E-state index in [2.05, 4.69) is 10.6 Å². The summed E-state index contributed by atoms with van der Waals surface area (Å²) >= 11 is 11.9. The van der Waals surface area contributed by atoms with Crippen molar-refractivity contribution in [2.75, 3.05) is 18.4 Å². The van der Waals surface area contributed by atoms with E-state index in [0.29, 0.717) is 41.8 Å². The average molecular weight is 420 g/mol. The molecule has 2 N–H and O–H groups in total. The number of halogens is 2. The summed E-state index contributed by atoms with van der Waals surface area (Å²) in [6.07, 6.45) is 2.10. The number of carbonyl (C=O) groups excluding carboxylic acids is 2. The van der Waals surface area contributed by atoms with Crippen LogP contribution in [-0.2, 0) is 11.3 Å². The van der Waals surface area contributed by atoms with Gasteiger partial charge in [0.1, 0.15) is 0 Å². The standard InChI is InChI=1S/C21H23Cl2N3O2/c22-17-4-1-3-16(11-17)14-24-20(27)12-15-7-9-26(10-8-15)21(28)25-19-6-2-5-18(23)13-19/h1-6,11,13,15H,7-10,12,14H2,(H,24,27)(H,25,28). The number of hydrogen-bond donors (Lipinski definition) is 2. The highest BCUT2D eigenvalue weighted by atomic mass is 35.5. The van der Waals surface area contributed by atoms with Crippen LogP contribution in [0.5, 0.6) is 0 Å². The number of urea groups is 1. The number of piperidine rings is 1. The quantitative estimate of drug-likeness (QED) is 0.720. The third kappa shape index (κ3) is 6.14. The smallest absolute Gasteiger partial charge is 0.321 e. The fourth-order valence-corrected chi connectivity index (χ4v) is 3.69. The van der Waals surface area contributed by atoms with E-state index in [0.717, 1.165) is 18.4 Å². The van der Waals surface area contributed by atoms with Crippen LogP contribution in [0.15, 0.2) is 48.5 Å². The molecule has 0 bridgehead atoms. The summed E-state index contributed by atoms with van der Waals surface area (Å²) in [5.74, 6) is 0.316. The van der Waals surface area contributed by atoms with Gasteiger partial charge in [0, 0.05) is 41.8 Å². The molecule has 0 radical (unpaired) electrons. The molecule has 7 heteroatoms. The number of likely N-dealkylation sites (tertiary alicyclic amines) is 1. The predicted molar refractivity (Wildman–Crippen MR) is 113 cm³/mol. The first-order valence-electron chi connectivity index (χ1n) is 9.32. The molecule has 0 unspecified atom stereocenters. The highest BCUT2D eigenvalue weighted by Crippen LogP contribution is 2.22. The van der Waals surface area contributed by atoms with Gasteiger partial charge in [0.25, 0.3) is 0 Å². The summed E-state index contributed by atoms with van der Waals surface area (Å²) in [6, 6.07) is 14.4. The molecule has 2 aromatic rings. The number of nitrogens with one attached hydrogen (secondary N) is 2. The normalized spacial score (nSPS) is 14.6. The lowest BCUT2D eigenvalue weighted by atomic mass is 9.93. The van der Waals surface area contributed by atoms with Gasteiger partial charge < -0.3 is 15.5 Å². The third-order valence-corrected chi connectivity index (χ3v) is 5.30. The number of hydrogen-bond acceptors (Lipinski definition) is 2. The Morgan fingerprint density at radius 3 is 2.36 bits per heavy atom. The van der Waals surface area contributed by atoms with Crippen LogP contribution in [0, 0.1) is 5.92 Å². The van der Waals surface area contributed by atoms with E-state index in [4.69, 9.17) is 23.2 Å². The van der Waals surface area contributed by atoms with Gasteiger partial charge in [-0.05, 0) is 54.7 Å². The Balaban J connectivity index is 1.39. The molecule has 2 aromatic carbocycles. The molecule has 5 nitrogen and oxygen atoms in total. The van der Waals surface area contributed by atoms with Crippen molar-refractivity contribution in [2.24, 2.45) is 5.92 Å². The van der Waals surface area contributed by atoms with Crippen LogP contribution >= 0.6 is 23.2 Å². The SMILES string of the molecule is O=C(CC1CCN(C(=O)Nc2cccc(Cl)c2)CC1)NCc1cccc(Cl)c1. The molecular weight excluding hydrogens is 397 g/mol. The summed E-state index contributed by atoms with van der Waals surface area (Å²) in [7, 11) is 0. The maximum atomic E-state index is 12.4. The van der Waals surface area contributed by atoms with Gasteiger partial charge in [0.2, 0.25) is 5.91 Å². The van der Waals surface area contributed by atoms with Gasteiger partial charge in [-0.1, -0.05) is 41.4 Å². The summed E-state index contributed by atoms with van der Waals surface area (Å²) in [5, 5.41) is 7.05. The second kappa shape index (κ2) is 9.80. The lowest BCUT2D eigenvalue weighted by Gasteiger charge is -2.31. The first-order valence-corrected chi connectivity index (χ1v) is 10.1. The van der Waals surface area contributed by atoms with Crippen LogP contribution in [0.3, 0.4) is 0 Å². The van der Waals surface area contributed by atoms with Crippen molar-refractivity contribution < 1.29 is 9.59 Å². The molecule has 28 heavy (non-hydrogen) atoms. The minimum Gasteiger partial charge on any atom is -0.352 e. The van der Waals surface area contributed by atoms with Crippen molar-refractivity contribution in [3.63, 3.8) is 0 Å². The molecule has 1 heterocycles. The second-order valence-corrected chi connectivity index (χ2v) is 7.85. The minimum atomic E-state index is -0.133. The van der Waals surface area contributed by atoms with Crippen LogP contribution in [0.4, 0.5) is 10.5 Å². The van der Waals surface area contributed by atoms with Crippen molar-refractivity contribution in [3.05, 3.63) is 64.1 Å². The summed E-state index contributed by atoms with van der Waals surface area (Å²) in [4.78, 5) is 26.4. The van der Waals surface area contributed by atoms with E-state index in [1.54, 1.807) is 29.2 Å². The molecule has 1 fully saturated rings. The molecule has 148 valence electrons. The van der Waals surface area contributed by atoms with Crippen LogP contribution in [0.25, 0.3) is 0 Å². The summed E-state index contributed by atoms with van der Waals surface area (Å²) in [6.45, 7) is 1.75. The van der Waals surface area contributed by atoms with Crippen molar-refractivity contribution >= 4 is 40.8 Å². The van der Waals surface area contributed by atoms with Gasteiger partial charge in [-0.2, -0.15) is 0 Å². The highest BCUT2D eigenvalue weighted by Gasteiger charge is 2.24. The molecule has 1 saturated heterocycles. The number of nitrogens with zero attached hydrogens (tertiary/aromatic N) is 1. The fourth-order valence-electron chi connectivity index (χ4n) is 3.29. The number of benzene rings is 2. The topological polar surface area (TPSA) is 61.4 Å². The van der Waals surface area contributed by atoms with Crippen LogP contribution < -0.4 is 10.6 Å². The zero-order valence-corrected chi connectivity index (χ0v) is 17.0. The van der Waals surface area contributed by atoms with Crippen LogP contribution in [0.2, 0.25) is 10.0 Å². The molecule has 1 aliphatic rings. The average Bonchev–Trinajstić information content (AvgIpc) is 2.67. The Kier molecular flexibility index (Phi) is 7.18. The number of anilines is 1. The molecule has 0 spiro atoms. The molecular formula is C21H23Cl2N3O2. The fraction of sp³-hybridized carbons (Fsp3) is 0.333. The number of carbonyl (C=O) groups is 2. The Hall–Kier alpha value is -2.24. The first-order chi connectivity index (χ1) is 13.5. The van der Waals surface area contributed by atoms with Crippen LogP contribution in [-0.4, -0.2) is 29.9 Å². The van der Waals surface area contributed by atoms with Gasteiger partial charge in [-0.3, -0.25) is 4.79 Å². The summed E-state index contributed by atoms with van der Waals surface area (Å²) < 4.78 is 0. The molecule has 3 rings (SSSR count). The van der Waals surface area contributed by atoms with E-state index in [1.165, 1.54) is 0 Å². The lowest BCUT2D eigenvalue weighted by molar-refractivity contribution is -0.122. The van der Waals surface area contributed by atoms with Crippen molar-refractivity contribution in [2.45, 2.75) is 25.8 Å². The largest absolute Gasteiger partial charge is 0.352 e. The highest BCUT2D eigenvalue weighted by molar-refractivity contribution is 6.31. The van der Waals surface area contributed by atoms with Gasteiger partial charge >= 0.3 is 6.03 Å². The number of rotatable bonds is 5. The van der Waals surface area contributed by atoms with E-state index >= 15 is 0 Å². The minimum absolute atomic E-state index is 0.0294. The Morgan fingerprint density at radius 1 is 1.00 bits per heavy atom. The Labute approximate surface area is 175 Å². The van der Waals surface area contributed by atoms with Crippen LogP contribution in [0.1, 0.15) is 24.8 Å². The Bertz CT molecular complexity index is 836. The van der Waals surface area contributed by atoms with E-state index in [1.807, 2.05) is 24.3 Å². The van der Waals surface area contributed by atoms with Gasteiger partial charge in [0.15, 0.2) is 0 Å². The van der Waals surface area contributed by atoms with E-state index in [-0.39, 0.29) is 17.9 Å². The lowest BCUT2D eigenvalue weighted by Crippen LogP contribution is -2.41. The van der Waals surface area contributed by atoms with Gasteiger partial charge in [0.05, 0.1) is 0 Å². The second-order valence-electron chi connectivity index (χ2n) is 6.98. The molecule has 0 saturated carbocycles. The predicted octanol–water partition coefficient (Wildman–Crippen LogP) is 4.94. The van der Waals surface area contributed by atoms with Crippen molar-refractivity contribution in [1.29, 1.82) is 0 Å². The maximum Gasteiger partial charge on any atom is 0.321 e. The zero-order valence-electron chi connectivity index (χ0n) is 15.5. The van der Waals surface area contributed by atoms with Crippen molar-refractivity contribution in [1.82, 2.24) is 10.2 Å². The zero-order chi connectivity index (χ0) is 19.9. The van der Waals surface area contributed by atoms with E-state index in [9.17, 15) is 9.59 Å². The molecule has 3 amide bonds. The molecule has 0 atom stereocenters. The number of amides is 3. The summed E-state index contributed by atoms with van der Waals surface area (Å²) in [5.41, 5.74) is 1.66.